The van der Waals surface area contributed by atoms with Crippen molar-refractivity contribution in [1.29, 1.82) is 0 Å². The Morgan fingerprint density at radius 1 is 0.413 bits per heavy atom. The van der Waals surface area contributed by atoms with E-state index in [1.807, 2.05) is 6.08 Å². The van der Waals surface area contributed by atoms with Crippen molar-refractivity contribution in [3.63, 3.8) is 0 Å². The van der Waals surface area contributed by atoms with Crippen LogP contribution in [0.15, 0.2) is 85.1 Å². The third-order valence-electron chi connectivity index (χ3n) is 17.9. The first-order valence-corrected chi connectivity index (χ1v) is 38.9. The molecule has 0 aliphatic carbocycles. The zero-order valence-electron chi connectivity index (χ0n) is 59.5. The van der Waals surface area contributed by atoms with Crippen LogP contribution in [-0.4, -0.2) is 100 Å². The molecule has 1 heterocycles. The van der Waals surface area contributed by atoms with Gasteiger partial charge in [0.2, 0.25) is 5.91 Å². The van der Waals surface area contributed by atoms with Crippen molar-refractivity contribution in [1.82, 2.24) is 5.32 Å². The Labute approximate surface area is 565 Å². The van der Waals surface area contributed by atoms with Crippen LogP contribution < -0.4 is 5.32 Å². The first-order chi connectivity index (χ1) is 45.2. The lowest BCUT2D eigenvalue weighted by atomic mass is 9.99. The molecule has 1 aliphatic heterocycles. The third kappa shape index (κ3) is 57.1. The Morgan fingerprint density at radius 2 is 0.772 bits per heavy atom. The van der Waals surface area contributed by atoms with Crippen molar-refractivity contribution >= 4 is 11.9 Å². The number of unbranched alkanes of at least 4 members (excludes halogenated alkanes) is 42. The summed E-state index contributed by atoms with van der Waals surface area (Å²) in [4.78, 5) is 25.1. The van der Waals surface area contributed by atoms with Crippen molar-refractivity contribution in [2.75, 3.05) is 19.8 Å². The van der Waals surface area contributed by atoms with E-state index in [1.54, 1.807) is 6.08 Å². The second-order valence-electron chi connectivity index (χ2n) is 26.6. The molecule has 0 radical (unpaired) electrons. The highest BCUT2D eigenvalue weighted by Crippen LogP contribution is 2.23. The molecular weight excluding hydrogens is 1150 g/mol. The maximum Gasteiger partial charge on any atom is 0.305 e. The molecule has 0 bridgehead atoms. The highest BCUT2D eigenvalue weighted by molar-refractivity contribution is 5.76. The Kier molecular flexibility index (Phi) is 65.3. The Morgan fingerprint density at radius 3 is 1.18 bits per heavy atom. The first kappa shape index (κ1) is 86.9. The minimum atomic E-state index is -1.58. The van der Waals surface area contributed by atoms with Crippen molar-refractivity contribution < 1.29 is 49.3 Å². The number of esters is 1. The normalized spacial score (nSPS) is 18.0. The van der Waals surface area contributed by atoms with E-state index in [2.05, 4.69) is 92.1 Å². The number of carbonyl (C=O) groups excluding carboxylic acids is 2. The average Bonchev–Trinajstić information content (AvgIpc) is 0.959. The van der Waals surface area contributed by atoms with E-state index in [9.17, 15) is 35.1 Å². The van der Waals surface area contributed by atoms with Crippen molar-refractivity contribution in [2.45, 2.75) is 397 Å². The Hall–Kier alpha value is -3.16. The smallest absolute Gasteiger partial charge is 0.305 e. The molecule has 7 unspecified atom stereocenters. The quantitative estimate of drug-likeness (QED) is 0.0195. The summed E-state index contributed by atoms with van der Waals surface area (Å²) in [7, 11) is 0. The summed E-state index contributed by atoms with van der Waals surface area (Å²) in [5.74, 6) is -0.196. The van der Waals surface area contributed by atoms with E-state index in [-0.39, 0.29) is 18.5 Å². The molecule has 534 valence electrons. The molecule has 6 N–H and O–H groups in total. The summed E-state index contributed by atoms with van der Waals surface area (Å²) in [6, 6.07) is -0.833. The minimum absolute atomic E-state index is 0.000120. The summed E-state index contributed by atoms with van der Waals surface area (Å²) in [5.41, 5.74) is 0. The molecule has 11 heteroatoms. The molecule has 1 aliphatic rings. The first-order valence-electron chi connectivity index (χ1n) is 38.9. The van der Waals surface area contributed by atoms with Crippen LogP contribution in [0.25, 0.3) is 0 Å². The number of allylic oxidation sites excluding steroid dienone is 13. The standard InChI is InChI=1S/C81H145NO10/c1-3-5-7-9-11-13-15-16-42-46-49-53-57-61-65-69-77(86)90-70-66-62-58-54-50-47-44-41-39-37-35-33-31-29-27-25-23-21-19-17-18-20-22-24-26-28-30-32-34-36-38-40-43-45-48-52-56-60-64-68-76(85)82-73(72-91-81-80(89)79(88)78(87)75(71-83)92-81)74(84)67-63-59-55-51-14-12-10-8-6-4-2/h6,8,11,13-14,16-18,21,23,42,51,63,67,73-75,78-81,83-84,87-89H,3-5,7,9-10,12,15,19-20,22,24-41,43-50,52-62,64-66,68-72H2,1-2H3,(H,82,85)/b8-6+,13-11-,18-17-,23-21-,42-16-,51-14+,67-63+. The third-order valence-corrected chi connectivity index (χ3v) is 17.9. The van der Waals surface area contributed by atoms with Crippen molar-refractivity contribution in [3.8, 4) is 0 Å². The van der Waals surface area contributed by atoms with E-state index >= 15 is 0 Å². The van der Waals surface area contributed by atoms with E-state index < -0.39 is 49.5 Å². The van der Waals surface area contributed by atoms with Crippen LogP contribution in [-0.2, 0) is 23.8 Å². The Balaban J connectivity index is 1.88. The van der Waals surface area contributed by atoms with E-state index in [0.717, 1.165) is 83.5 Å². The van der Waals surface area contributed by atoms with Gasteiger partial charge in [0.05, 0.1) is 32.0 Å². The number of amides is 1. The van der Waals surface area contributed by atoms with E-state index in [4.69, 9.17) is 14.2 Å². The minimum Gasteiger partial charge on any atom is -0.466 e. The van der Waals surface area contributed by atoms with Gasteiger partial charge in [0.1, 0.15) is 24.4 Å². The highest BCUT2D eigenvalue weighted by atomic mass is 16.7. The second-order valence-corrected chi connectivity index (χ2v) is 26.6. The van der Waals surface area contributed by atoms with Gasteiger partial charge in [0.25, 0.3) is 0 Å². The monoisotopic (exact) mass is 1290 g/mol. The number of aliphatic hydroxyl groups excluding tert-OH is 5. The molecule has 11 nitrogen and oxygen atoms in total. The number of aliphatic hydroxyl groups is 5. The van der Waals surface area contributed by atoms with Crippen molar-refractivity contribution in [2.24, 2.45) is 0 Å². The van der Waals surface area contributed by atoms with Crippen LogP contribution in [0, 0.1) is 0 Å². The van der Waals surface area contributed by atoms with Crippen molar-refractivity contribution in [3.05, 3.63) is 85.1 Å². The number of nitrogens with one attached hydrogen (secondary N) is 1. The van der Waals surface area contributed by atoms with Crippen LogP contribution >= 0.6 is 0 Å². The van der Waals surface area contributed by atoms with Gasteiger partial charge in [-0.1, -0.05) is 311 Å². The van der Waals surface area contributed by atoms with Gasteiger partial charge in [-0.2, -0.15) is 0 Å². The van der Waals surface area contributed by atoms with Gasteiger partial charge in [0.15, 0.2) is 6.29 Å². The molecular formula is C81H145NO10. The summed E-state index contributed by atoms with van der Waals surface area (Å²) in [6.07, 6.45) is 86.4. The fraction of sp³-hybridized carbons (Fsp3) is 0.802. The fourth-order valence-corrected chi connectivity index (χ4v) is 11.9. The molecule has 1 rings (SSSR count). The molecule has 0 aromatic rings. The van der Waals surface area contributed by atoms with Gasteiger partial charge < -0.3 is 45.1 Å². The molecule has 92 heavy (non-hydrogen) atoms. The van der Waals surface area contributed by atoms with Gasteiger partial charge in [-0.3, -0.25) is 9.59 Å². The highest BCUT2D eigenvalue weighted by Gasteiger charge is 2.44. The lowest BCUT2D eigenvalue weighted by Crippen LogP contribution is -2.60. The molecule has 1 fully saturated rings. The predicted octanol–water partition coefficient (Wildman–Crippen LogP) is 20.8. The topological polar surface area (TPSA) is 175 Å². The number of rotatable bonds is 68. The predicted molar refractivity (Wildman–Crippen MR) is 389 cm³/mol. The average molecular weight is 1290 g/mol. The molecule has 7 atom stereocenters. The molecule has 0 saturated carbocycles. The lowest BCUT2D eigenvalue weighted by molar-refractivity contribution is -0.302. The summed E-state index contributed by atoms with van der Waals surface area (Å²) in [6.45, 7) is 4.19. The zero-order valence-corrected chi connectivity index (χ0v) is 59.5. The van der Waals surface area contributed by atoms with Crippen LogP contribution in [0.1, 0.15) is 354 Å². The maximum atomic E-state index is 13.0. The lowest BCUT2D eigenvalue weighted by Gasteiger charge is -2.40. The molecule has 0 spiro atoms. The number of hydrogen-bond donors (Lipinski definition) is 6. The van der Waals surface area contributed by atoms with E-state index in [1.165, 1.54) is 244 Å². The molecule has 1 saturated heterocycles. The van der Waals surface area contributed by atoms with Gasteiger partial charge in [-0.15, -0.1) is 0 Å². The van der Waals surface area contributed by atoms with E-state index in [0.29, 0.717) is 19.4 Å². The van der Waals surface area contributed by atoms with Crippen LogP contribution in [0.5, 0.6) is 0 Å². The SMILES string of the molecule is CC/C=C/CC/C=C/CC/C=C/C(O)C(COC1OC(CO)C(O)C(O)C1O)NC(=O)CCCCCCCCCCCCCCCCCCC/C=C\C/C=C\CCCCCCCCCCCCCCCCCOC(=O)CCCCCCC/C=C\C/C=C\CCCCC. The Bertz CT molecular complexity index is 1810. The van der Waals surface area contributed by atoms with Crippen LogP contribution in [0.4, 0.5) is 0 Å². The maximum absolute atomic E-state index is 13.0. The van der Waals surface area contributed by atoms with Gasteiger partial charge >= 0.3 is 5.97 Å². The van der Waals surface area contributed by atoms with Gasteiger partial charge in [0, 0.05) is 12.8 Å². The second kappa shape index (κ2) is 69.2. The van der Waals surface area contributed by atoms with Gasteiger partial charge in [-0.05, 0) is 116 Å². The van der Waals surface area contributed by atoms with Crippen LogP contribution in [0.3, 0.4) is 0 Å². The van der Waals surface area contributed by atoms with Crippen LogP contribution in [0.2, 0.25) is 0 Å². The number of hydrogen-bond acceptors (Lipinski definition) is 10. The number of ether oxygens (including phenoxy) is 3. The fourth-order valence-electron chi connectivity index (χ4n) is 11.9. The largest absolute Gasteiger partial charge is 0.466 e. The molecule has 1 amide bonds. The molecule has 0 aromatic carbocycles. The summed E-state index contributed by atoms with van der Waals surface area (Å²) >= 11 is 0. The summed E-state index contributed by atoms with van der Waals surface area (Å²) < 4.78 is 16.7. The van der Waals surface area contributed by atoms with Gasteiger partial charge in [-0.25, -0.2) is 0 Å². The summed E-state index contributed by atoms with van der Waals surface area (Å²) in [5, 5.41) is 54.3. The number of carbonyl (C=O) groups is 2. The molecule has 0 aromatic heterocycles. The zero-order chi connectivity index (χ0) is 66.5.